The molecule has 1 aromatic rings. The van der Waals surface area contributed by atoms with Gasteiger partial charge in [-0.25, -0.2) is 4.39 Å². The van der Waals surface area contributed by atoms with Crippen LogP contribution in [0, 0.1) is 5.82 Å². The van der Waals surface area contributed by atoms with Crippen molar-refractivity contribution in [3.05, 3.63) is 29.6 Å². The zero-order valence-corrected chi connectivity index (χ0v) is 11.4. The van der Waals surface area contributed by atoms with Gasteiger partial charge in [-0.15, -0.1) is 0 Å². The maximum Gasteiger partial charge on any atom is 0.239 e. The molecule has 1 saturated carbocycles. The van der Waals surface area contributed by atoms with Crippen LogP contribution in [0.1, 0.15) is 50.1 Å². The van der Waals surface area contributed by atoms with Crippen LogP contribution in [-0.2, 0) is 4.79 Å². The monoisotopic (exact) mass is 280 g/mol. The van der Waals surface area contributed by atoms with E-state index in [0.29, 0.717) is 5.56 Å². The summed E-state index contributed by atoms with van der Waals surface area (Å²) in [6.07, 6.45) is 6.64. The summed E-state index contributed by atoms with van der Waals surface area (Å²) in [5.41, 5.74) is 5.79. The van der Waals surface area contributed by atoms with E-state index >= 15 is 0 Å². The Morgan fingerprint density at radius 3 is 2.45 bits per heavy atom. The molecule has 1 aliphatic rings. The van der Waals surface area contributed by atoms with Crippen LogP contribution in [0.25, 0.3) is 0 Å². The first-order chi connectivity index (χ1) is 9.56. The number of rotatable bonds is 4. The second kappa shape index (κ2) is 6.70. The molecule has 20 heavy (non-hydrogen) atoms. The third kappa shape index (κ3) is 3.93. The van der Waals surface area contributed by atoms with Crippen molar-refractivity contribution < 1.29 is 14.3 Å². The fraction of sp³-hybridized carbons (Fsp3) is 0.533. The fourth-order valence-electron chi connectivity index (χ4n) is 2.79. The molecule has 0 radical (unpaired) electrons. The van der Waals surface area contributed by atoms with Gasteiger partial charge in [-0.2, -0.15) is 0 Å². The summed E-state index contributed by atoms with van der Waals surface area (Å²) in [7, 11) is 0. The molecular weight excluding hydrogens is 259 g/mol. The minimum atomic E-state index is -0.764. The maximum absolute atomic E-state index is 13.4. The number of aromatic hydroxyl groups is 1. The molecular formula is C15H21FN2O2. The van der Waals surface area contributed by atoms with Gasteiger partial charge in [0.05, 0.1) is 0 Å². The summed E-state index contributed by atoms with van der Waals surface area (Å²) in [6.45, 7) is 0. The predicted octanol–water partition coefficient (Wildman–Crippen LogP) is 2.37. The largest absolute Gasteiger partial charge is 0.508 e. The molecule has 0 heterocycles. The molecule has 0 aliphatic heterocycles. The van der Waals surface area contributed by atoms with Crippen LogP contribution in [0.4, 0.5) is 4.39 Å². The molecule has 1 fully saturated rings. The summed E-state index contributed by atoms with van der Waals surface area (Å²) in [6, 6.07) is 3.06. The Morgan fingerprint density at radius 1 is 1.25 bits per heavy atom. The second-order valence-corrected chi connectivity index (χ2v) is 5.43. The highest BCUT2D eigenvalue weighted by Crippen LogP contribution is 2.24. The van der Waals surface area contributed by atoms with Crippen LogP contribution < -0.4 is 11.1 Å². The van der Waals surface area contributed by atoms with Crippen molar-refractivity contribution in [3.8, 4) is 5.75 Å². The fourth-order valence-corrected chi connectivity index (χ4v) is 2.79. The lowest BCUT2D eigenvalue weighted by Gasteiger charge is -2.23. The number of carbonyl (C=O) groups excluding carboxylic acids is 1. The number of phenolic OH excluding ortho intramolecular Hbond substituents is 1. The lowest BCUT2D eigenvalue weighted by Crippen LogP contribution is -2.40. The average Bonchev–Trinajstić information content (AvgIpc) is 2.62. The van der Waals surface area contributed by atoms with E-state index in [9.17, 15) is 14.3 Å². The van der Waals surface area contributed by atoms with Gasteiger partial charge in [0.2, 0.25) is 5.91 Å². The zero-order chi connectivity index (χ0) is 14.5. The number of benzene rings is 1. The Balaban J connectivity index is 2.15. The number of nitrogens with two attached hydrogens (primary N) is 1. The SMILES string of the molecule is NC(=O)C(NC1CCCCCC1)c1cc(O)cc(F)c1. The molecule has 4 N–H and O–H groups in total. The van der Waals surface area contributed by atoms with Gasteiger partial charge in [0.25, 0.3) is 0 Å². The van der Waals surface area contributed by atoms with Crippen LogP contribution in [0.2, 0.25) is 0 Å². The number of hydrogen-bond donors (Lipinski definition) is 3. The van der Waals surface area contributed by atoms with Gasteiger partial charge in [-0.3, -0.25) is 10.1 Å². The average molecular weight is 280 g/mol. The van der Waals surface area contributed by atoms with Crippen molar-refractivity contribution in [1.82, 2.24) is 5.32 Å². The normalized spacial score (nSPS) is 18.4. The van der Waals surface area contributed by atoms with Crippen LogP contribution in [-0.4, -0.2) is 17.1 Å². The molecule has 4 nitrogen and oxygen atoms in total. The number of amides is 1. The van der Waals surface area contributed by atoms with E-state index in [2.05, 4.69) is 5.32 Å². The number of hydrogen-bond acceptors (Lipinski definition) is 3. The van der Waals surface area contributed by atoms with E-state index in [1.54, 1.807) is 0 Å². The zero-order valence-electron chi connectivity index (χ0n) is 11.4. The van der Waals surface area contributed by atoms with Gasteiger partial charge in [0, 0.05) is 12.1 Å². The van der Waals surface area contributed by atoms with Gasteiger partial charge < -0.3 is 10.8 Å². The van der Waals surface area contributed by atoms with Gasteiger partial charge in [0.15, 0.2) is 0 Å². The van der Waals surface area contributed by atoms with Crippen molar-refractivity contribution in [1.29, 1.82) is 0 Å². The maximum atomic E-state index is 13.4. The smallest absolute Gasteiger partial charge is 0.239 e. The van der Waals surface area contributed by atoms with Crippen molar-refractivity contribution in [3.63, 3.8) is 0 Å². The van der Waals surface area contributed by atoms with Gasteiger partial charge in [-0.1, -0.05) is 25.7 Å². The van der Waals surface area contributed by atoms with E-state index in [1.807, 2.05) is 0 Å². The lowest BCUT2D eigenvalue weighted by atomic mass is 10.0. The minimum absolute atomic E-state index is 0.200. The quantitative estimate of drug-likeness (QED) is 0.741. The Bertz CT molecular complexity index is 451. The topological polar surface area (TPSA) is 75.4 Å². The molecule has 1 amide bonds. The molecule has 0 bridgehead atoms. The number of halogens is 1. The predicted molar refractivity (Wildman–Crippen MR) is 74.6 cm³/mol. The van der Waals surface area contributed by atoms with Crippen LogP contribution >= 0.6 is 0 Å². The third-order valence-electron chi connectivity index (χ3n) is 3.78. The van der Waals surface area contributed by atoms with Crippen molar-refractivity contribution in [2.45, 2.75) is 50.6 Å². The van der Waals surface area contributed by atoms with Crippen LogP contribution in [0.15, 0.2) is 18.2 Å². The third-order valence-corrected chi connectivity index (χ3v) is 3.78. The standard InChI is InChI=1S/C15H21FN2O2/c16-11-7-10(8-13(19)9-11)14(15(17)20)18-12-5-3-1-2-4-6-12/h7-9,12,14,18-19H,1-6H2,(H2,17,20). The molecule has 2 rings (SSSR count). The molecule has 1 atom stereocenters. The summed E-state index contributed by atoms with van der Waals surface area (Å²) >= 11 is 0. The Morgan fingerprint density at radius 2 is 1.90 bits per heavy atom. The highest BCUT2D eigenvalue weighted by Gasteiger charge is 2.23. The first-order valence-electron chi connectivity index (χ1n) is 7.11. The second-order valence-electron chi connectivity index (χ2n) is 5.43. The number of carbonyl (C=O) groups is 1. The molecule has 110 valence electrons. The van der Waals surface area contributed by atoms with Gasteiger partial charge >= 0.3 is 0 Å². The Labute approximate surface area is 118 Å². The first kappa shape index (κ1) is 14.8. The molecule has 1 aliphatic carbocycles. The summed E-state index contributed by atoms with van der Waals surface area (Å²) in [5.74, 6) is -1.33. The summed E-state index contributed by atoms with van der Waals surface area (Å²) in [4.78, 5) is 11.6. The van der Waals surface area contributed by atoms with Crippen LogP contribution in [0.5, 0.6) is 5.75 Å². The van der Waals surface area contributed by atoms with Crippen LogP contribution in [0.3, 0.4) is 0 Å². The Hall–Kier alpha value is -1.62. The number of primary amides is 1. The van der Waals surface area contributed by atoms with E-state index < -0.39 is 17.8 Å². The number of nitrogens with one attached hydrogen (secondary N) is 1. The minimum Gasteiger partial charge on any atom is -0.508 e. The number of phenols is 1. The van der Waals surface area contributed by atoms with Crippen molar-refractivity contribution in [2.24, 2.45) is 5.73 Å². The first-order valence-corrected chi connectivity index (χ1v) is 7.11. The highest BCUT2D eigenvalue weighted by molar-refractivity contribution is 5.81. The van der Waals surface area contributed by atoms with Crippen molar-refractivity contribution in [2.75, 3.05) is 0 Å². The van der Waals surface area contributed by atoms with E-state index in [0.717, 1.165) is 31.7 Å². The summed E-state index contributed by atoms with van der Waals surface area (Å²) < 4.78 is 13.4. The molecule has 1 aromatic carbocycles. The lowest BCUT2D eigenvalue weighted by molar-refractivity contribution is -0.120. The van der Waals surface area contributed by atoms with E-state index in [1.165, 1.54) is 25.0 Å². The molecule has 0 spiro atoms. The van der Waals surface area contributed by atoms with E-state index in [4.69, 9.17) is 5.73 Å². The van der Waals surface area contributed by atoms with E-state index in [-0.39, 0.29) is 11.8 Å². The van der Waals surface area contributed by atoms with Crippen molar-refractivity contribution >= 4 is 5.91 Å². The molecule has 1 unspecified atom stereocenters. The molecule has 5 heteroatoms. The summed E-state index contributed by atoms with van der Waals surface area (Å²) in [5, 5.41) is 12.7. The Kier molecular flexibility index (Phi) is 4.95. The van der Waals surface area contributed by atoms with Gasteiger partial charge in [-0.05, 0) is 30.5 Å². The van der Waals surface area contributed by atoms with Gasteiger partial charge in [0.1, 0.15) is 17.6 Å². The molecule has 0 saturated heterocycles. The highest BCUT2D eigenvalue weighted by atomic mass is 19.1. The molecule has 0 aromatic heterocycles.